The van der Waals surface area contributed by atoms with Gasteiger partial charge in [0.1, 0.15) is 16.9 Å². The number of nitrogens with zero attached hydrogens (tertiary/aromatic N) is 3. The van der Waals surface area contributed by atoms with Crippen LogP contribution in [-0.4, -0.2) is 91.5 Å². The van der Waals surface area contributed by atoms with Crippen LogP contribution in [0.4, 0.5) is 0 Å². The fourth-order valence-electron chi connectivity index (χ4n) is 3.28. The molecule has 7 N–H and O–H groups in total. The van der Waals surface area contributed by atoms with Crippen molar-refractivity contribution in [3.05, 3.63) is 0 Å². The van der Waals surface area contributed by atoms with E-state index in [0.29, 0.717) is 30.9 Å². The third kappa shape index (κ3) is 5.63. The smallest absolute Gasteiger partial charge is 0.263 e. The number of thioether (sulfide) groups is 1. The van der Waals surface area contributed by atoms with Crippen LogP contribution in [0.25, 0.3) is 0 Å². The fraction of sp³-hybridized carbons (Fsp3) is 0.688. The number of amides is 4. The zero-order valence-electron chi connectivity index (χ0n) is 15.9. The zero-order chi connectivity index (χ0) is 21.7. The van der Waals surface area contributed by atoms with E-state index in [4.69, 9.17) is 29.4 Å². The highest BCUT2D eigenvalue weighted by atomic mass is 32.2. The van der Waals surface area contributed by atoms with Crippen molar-refractivity contribution in [3.8, 4) is 0 Å². The Balaban J connectivity index is 2.02. The molecule has 29 heavy (non-hydrogen) atoms. The van der Waals surface area contributed by atoms with Crippen LogP contribution in [0.15, 0.2) is 0 Å². The molecule has 0 aromatic rings. The van der Waals surface area contributed by atoms with Crippen LogP contribution < -0.4 is 17.2 Å². The Hall–Kier alpha value is -1.80. The summed E-state index contributed by atoms with van der Waals surface area (Å²) in [6.45, 7) is 0.0521. The number of carbonyl (C=O) groups excluding carboxylic acids is 4. The van der Waals surface area contributed by atoms with Gasteiger partial charge in [-0.25, -0.2) is 5.06 Å². The number of likely N-dealkylation sites (tertiary alicyclic amines) is 1. The van der Waals surface area contributed by atoms with E-state index in [1.807, 2.05) is 0 Å². The molecule has 4 amide bonds. The Morgan fingerprint density at radius 3 is 2.59 bits per heavy atom. The van der Waals surface area contributed by atoms with E-state index in [2.05, 4.69) is 0 Å². The lowest BCUT2D eigenvalue weighted by Gasteiger charge is -2.26. The predicted molar refractivity (Wildman–Crippen MR) is 109 cm³/mol. The van der Waals surface area contributed by atoms with Gasteiger partial charge in [-0.3, -0.25) is 29.3 Å². The van der Waals surface area contributed by atoms with Gasteiger partial charge in [0.05, 0.1) is 17.8 Å². The maximum atomic E-state index is 12.7. The molecular weight excluding hydrogens is 420 g/mol. The Morgan fingerprint density at radius 2 is 2.03 bits per heavy atom. The molecule has 11 nitrogen and oxygen atoms in total. The molecular formula is C16H26N6O5S2. The standard InChI is InChI=1S/C16H26N6O5S2/c17-4-2-1-3-10(18)15(26)22(27)9-5-11(14(19)25)20(6-9)12(23)7-21-13(24)8-29-16(21)28/h9-11,27H,1-8,17-18H2,(H2,19,25)/t9-,10-,11-/m0/s1. The Kier molecular flexibility index (Phi) is 8.34. The van der Waals surface area contributed by atoms with E-state index in [0.717, 1.165) is 11.8 Å². The van der Waals surface area contributed by atoms with Gasteiger partial charge in [-0.05, 0) is 19.4 Å². The Bertz CT molecular complexity index is 677. The molecule has 0 bridgehead atoms. The molecule has 0 aromatic carbocycles. The summed E-state index contributed by atoms with van der Waals surface area (Å²) >= 11 is 6.21. The van der Waals surface area contributed by atoms with E-state index >= 15 is 0 Å². The number of primary amides is 1. The average molecular weight is 447 g/mol. The summed E-state index contributed by atoms with van der Waals surface area (Å²) < 4.78 is 0.289. The van der Waals surface area contributed by atoms with E-state index < -0.39 is 35.8 Å². The maximum absolute atomic E-state index is 12.7. The lowest BCUT2D eigenvalue weighted by atomic mass is 10.1. The van der Waals surface area contributed by atoms with E-state index in [1.54, 1.807) is 0 Å². The summed E-state index contributed by atoms with van der Waals surface area (Å²) in [6.07, 6.45) is 1.68. The Morgan fingerprint density at radius 1 is 1.34 bits per heavy atom. The van der Waals surface area contributed by atoms with Crippen LogP contribution in [0.5, 0.6) is 0 Å². The first-order valence-electron chi connectivity index (χ1n) is 9.20. The molecule has 3 atom stereocenters. The minimum Gasteiger partial charge on any atom is -0.368 e. The maximum Gasteiger partial charge on any atom is 0.263 e. The second-order valence-electron chi connectivity index (χ2n) is 6.96. The van der Waals surface area contributed by atoms with Gasteiger partial charge in [0, 0.05) is 13.0 Å². The lowest BCUT2D eigenvalue weighted by Crippen LogP contribution is -2.49. The van der Waals surface area contributed by atoms with Crippen molar-refractivity contribution in [3.63, 3.8) is 0 Å². The first kappa shape index (κ1) is 23.5. The van der Waals surface area contributed by atoms with Crippen LogP contribution in [0.2, 0.25) is 0 Å². The highest BCUT2D eigenvalue weighted by Gasteiger charge is 2.43. The zero-order valence-corrected chi connectivity index (χ0v) is 17.5. The highest BCUT2D eigenvalue weighted by molar-refractivity contribution is 8.23. The van der Waals surface area contributed by atoms with Gasteiger partial charge in [0.2, 0.25) is 17.7 Å². The average Bonchev–Trinajstić information content (AvgIpc) is 3.26. The van der Waals surface area contributed by atoms with E-state index in [-0.39, 0.29) is 35.5 Å². The van der Waals surface area contributed by atoms with Crippen LogP contribution in [0.1, 0.15) is 25.7 Å². The SMILES string of the molecule is NCCCC[C@H](N)C(=O)N(O)[C@H]1C[C@@H](C(N)=O)N(C(=O)CN2C(=O)CSC2=S)C1. The molecule has 0 unspecified atom stereocenters. The van der Waals surface area contributed by atoms with Crippen molar-refractivity contribution in [1.82, 2.24) is 14.9 Å². The van der Waals surface area contributed by atoms with E-state index in [9.17, 15) is 24.4 Å². The van der Waals surface area contributed by atoms with E-state index in [1.165, 1.54) is 9.80 Å². The summed E-state index contributed by atoms with van der Waals surface area (Å²) in [4.78, 5) is 51.1. The second-order valence-corrected chi connectivity index (χ2v) is 8.57. The lowest BCUT2D eigenvalue weighted by molar-refractivity contribution is -0.176. The van der Waals surface area contributed by atoms with Gasteiger partial charge in [0.15, 0.2) is 0 Å². The molecule has 2 aliphatic rings. The second kappa shape index (κ2) is 10.3. The minimum absolute atomic E-state index is 0.0218. The van der Waals surface area contributed by atoms with Crippen molar-refractivity contribution >= 4 is 51.9 Å². The van der Waals surface area contributed by atoms with Gasteiger partial charge >= 0.3 is 0 Å². The van der Waals surface area contributed by atoms with Crippen molar-refractivity contribution in [2.45, 2.75) is 43.8 Å². The molecule has 2 fully saturated rings. The number of unbranched alkanes of at least 4 members (excludes halogenated alkanes) is 1. The van der Waals surface area contributed by atoms with Gasteiger partial charge in [0.25, 0.3) is 5.91 Å². The van der Waals surface area contributed by atoms with Gasteiger partial charge < -0.3 is 22.1 Å². The normalized spacial score (nSPS) is 22.9. The summed E-state index contributed by atoms with van der Waals surface area (Å²) in [5.41, 5.74) is 16.6. The summed E-state index contributed by atoms with van der Waals surface area (Å²) in [6, 6.07) is -2.76. The number of nitrogens with two attached hydrogens (primary N) is 3. The minimum atomic E-state index is -1.01. The largest absolute Gasteiger partial charge is 0.368 e. The molecule has 0 radical (unpaired) electrons. The number of carbonyl (C=O) groups is 4. The topological polar surface area (TPSA) is 176 Å². The molecule has 2 saturated heterocycles. The quantitative estimate of drug-likeness (QED) is 0.135. The summed E-state index contributed by atoms with van der Waals surface area (Å²) in [5.74, 6) is -2.13. The number of rotatable bonds is 9. The highest BCUT2D eigenvalue weighted by Crippen LogP contribution is 2.24. The Labute approximate surface area is 177 Å². The number of thiocarbonyl (C=S) groups is 1. The van der Waals surface area contributed by atoms with Gasteiger partial charge in [-0.15, -0.1) is 0 Å². The van der Waals surface area contributed by atoms with Crippen molar-refractivity contribution < 1.29 is 24.4 Å². The molecule has 2 aliphatic heterocycles. The molecule has 0 aromatic heterocycles. The number of hydrogen-bond donors (Lipinski definition) is 4. The molecule has 0 spiro atoms. The first-order chi connectivity index (χ1) is 13.7. The predicted octanol–water partition coefficient (Wildman–Crippen LogP) is -2.02. The van der Waals surface area contributed by atoms with Crippen LogP contribution in [-0.2, 0) is 19.2 Å². The summed E-state index contributed by atoms with van der Waals surface area (Å²) in [7, 11) is 0. The van der Waals surface area contributed by atoms with Crippen LogP contribution in [0, 0.1) is 0 Å². The summed E-state index contributed by atoms with van der Waals surface area (Å²) in [5, 5.41) is 10.8. The first-order valence-corrected chi connectivity index (χ1v) is 10.6. The van der Waals surface area contributed by atoms with Crippen LogP contribution >= 0.6 is 24.0 Å². The van der Waals surface area contributed by atoms with Crippen molar-refractivity contribution in [2.75, 3.05) is 25.4 Å². The van der Waals surface area contributed by atoms with Crippen LogP contribution in [0.3, 0.4) is 0 Å². The third-order valence-electron chi connectivity index (χ3n) is 4.92. The van der Waals surface area contributed by atoms with Crippen molar-refractivity contribution in [2.24, 2.45) is 17.2 Å². The molecule has 13 heteroatoms. The third-order valence-corrected chi connectivity index (χ3v) is 6.35. The molecule has 2 rings (SSSR count). The van der Waals surface area contributed by atoms with Gasteiger partial charge in [-0.2, -0.15) is 0 Å². The monoisotopic (exact) mass is 446 g/mol. The molecule has 162 valence electrons. The fourth-order valence-corrected chi connectivity index (χ4v) is 4.35. The molecule has 0 aliphatic carbocycles. The van der Waals surface area contributed by atoms with Gasteiger partial charge in [-0.1, -0.05) is 30.4 Å². The number of hydroxylamine groups is 2. The molecule has 2 heterocycles. The molecule has 0 saturated carbocycles. The van der Waals surface area contributed by atoms with Crippen molar-refractivity contribution in [1.29, 1.82) is 0 Å². The number of hydrogen-bond acceptors (Lipinski definition) is 9.